The summed E-state index contributed by atoms with van der Waals surface area (Å²) in [5, 5.41) is 12.8. The first-order chi connectivity index (χ1) is 11.8. The first-order valence-electron chi connectivity index (χ1n) is 8.18. The maximum absolute atomic E-state index is 12.5. The number of carbonyl (C=O) groups is 1. The van der Waals surface area contributed by atoms with Crippen LogP contribution in [0.2, 0.25) is 0 Å². The number of amides is 1. The molecule has 0 aromatic heterocycles. The Labute approximate surface area is 148 Å². The smallest absolute Gasteiger partial charge is 0.255 e. The average Bonchev–Trinajstić information content (AvgIpc) is 2.56. The number of benzene rings is 2. The largest absolute Gasteiger partial charge is 0.506 e. The second-order valence-corrected chi connectivity index (χ2v) is 6.81. The van der Waals surface area contributed by atoms with E-state index < -0.39 is 0 Å². The van der Waals surface area contributed by atoms with E-state index in [0.29, 0.717) is 30.2 Å². The predicted octanol–water partition coefficient (Wildman–Crippen LogP) is 3.97. The topological polar surface area (TPSA) is 67.8 Å². The first kappa shape index (κ1) is 18.8. The molecule has 1 amide bonds. The fraction of sp³-hybridized carbons (Fsp3) is 0.350. The number of aromatic hydroxyl groups is 1. The zero-order chi connectivity index (χ0) is 18.4. The Morgan fingerprint density at radius 2 is 1.88 bits per heavy atom. The van der Waals surface area contributed by atoms with Gasteiger partial charge in [0.05, 0.1) is 12.3 Å². The van der Waals surface area contributed by atoms with Gasteiger partial charge in [0.1, 0.15) is 18.1 Å². The van der Waals surface area contributed by atoms with Gasteiger partial charge in [0, 0.05) is 12.7 Å². The Bertz CT molecular complexity index is 735. The third kappa shape index (κ3) is 5.22. The van der Waals surface area contributed by atoms with Crippen LogP contribution >= 0.6 is 0 Å². The maximum atomic E-state index is 12.5. The van der Waals surface area contributed by atoms with Gasteiger partial charge in [0.15, 0.2) is 0 Å². The van der Waals surface area contributed by atoms with Crippen molar-refractivity contribution in [3.8, 4) is 11.5 Å². The Balaban J connectivity index is 2.16. The van der Waals surface area contributed by atoms with Crippen molar-refractivity contribution in [2.24, 2.45) is 0 Å². The third-order valence-electron chi connectivity index (χ3n) is 3.76. The lowest BCUT2D eigenvalue weighted by molar-refractivity contribution is 0.102. The van der Waals surface area contributed by atoms with Crippen LogP contribution in [0, 0.1) is 0 Å². The molecule has 2 N–H and O–H groups in total. The van der Waals surface area contributed by atoms with Crippen molar-refractivity contribution >= 4 is 11.6 Å². The molecule has 5 nitrogen and oxygen atoms in total. The van der Waals surface area contributed by atoms with Crippen LogP contribution in [0.3, 0.4) is 0 Å². The molecule has 0 unspecified atom stereocenters. The van der Waals surface area contributed by atoms with Gasteiger partial charge in [-0.1, -0.05) is 32.9 Å². The lowest BCUT2D eigenvalue weighted by Crippen LogP contribution is -2.15. The number of nitrogens with one attached hydrogen (secondary N) is 1. The Kier molecular flexibility index (Phi) is 6.04. The van der Waals surface area contributed by atoms with Crippen LogP contribution in [-0.4, -0.2) is 31.3 Å². The molecule has 5 heteroatoms. The summed E-state index contributed by atoms with van der Waals surface area (Å²) in [6.45, 7) is 7.11. The van der Waals surface area contributed by atoms with Gasteiger partial charge >= 0.3 is 0 Å². The number of anilines is 1. The molecule has 0 bridgehead atoms. The number of phenolic OH excluding ortho intramolecular Hbond substituents is 1. The van der Waals surface area contributed by atoms with E-state index in [9.17, 15) is 9.90 Å². The first-order valence-corrected chi connectivity index (χ1v) is 8.18. The summed E-state index contributed by atoms with van der Waals surface area (Å²) in [7, 11) is 1.60. The molecule has 134 valence electrons. The standard InChI is InChI=1S/C20H25NO4/c1-20(2,3)15-8-9-18(22)17(13-15)21-19(23)14-6-5-7-16(12-14)25-11-10-24-4/h5-9,12-13,22H,10-11H2,1-4H3,(H,21,23). The van der Waals surface area contributed by atoms with Gasteiger partial charge in [-0.05, 0) is 41.3 Å². The van der Waals surface area contributed by atoms with E-state index in [4.69, 9.17) is 9.47 Å². The average molecular weight is 343 g/mol. The summed E-state index contributed by atoms with van der Waals surface area (Å²) in [6.07, 6.45) is 0. The highest BCUT2D eigenvalue weighted by Gasteiger charge is 2.17. The van der Waals surface area contributed by atoms with Gasteiger partial charge in [-0.2, -0.15) is 0 Å². The van der Waals surface area contributed by atoms with Gasteiger partial charge in [0.2, 0.25) is 0 Å². The van der Waals surface area contributed by atoms with E-state index in [0.717, 1.165) is 5.56 Å². The van der Waals surface area contributed by atoms with Crippen LogP contribution < -0.4 is 10.1 Å². The summed E-state index contributed by atoms with van der Waals surface area (Å²) in [5.41, 5.74) is 1.79. The van der Waals surface area contributed by atoms with Crippen LogP contribution in [0.1, 0.15) is 36.7 Å². The molecule has 0 aliphatic carbocycles. The molecule has 2 rings (SSSR count). The van der Waals surface area contributed by atoms with E-state index in [1.807, 2.05) is 6.07 Å². The third-order valence-corrected chi connectivity index (χ3v) is 3.76. The van der Waals surface area contributed by atoms with E-state index in [1.54, 1.807) is 43.5 Å². The number of methoxy groups -OCH3 is 1. The van der Waals surface area contributed by atoms with Crippen LogP contribution in [0.15, 0.2) is 42.5 Å². The van der Waals surface area contributed by atoms with Crippen LogP contribution in [0.4, 0.5) is 5.69 Å². The fourth-order valence-corrected chi connectivity index (χ4v) is 2.27. The van der Waals surface area contributed by atoms with Crippen molar-refractivity contribution in [3.63, 3.8) is 0 Å². The Morgan fingerprint density at radius 1 is 1.12 bits per heavy atom. The van der Waals surface area contributed by atoms with Crippen LogP contribution in [0.5, 0.6) is 11.5 Å². The van der Waals surface area contributed by atoms with E-state index >= 15 is 0 Å². The minimum Gasteiger partial charge on any atom is -0.506 e. The predicted molar refractivity (Wildman–Crippen MR) is 98.6 cm³/mol. The number of ether oxygens (including phenoxy) is 2. The Morgan fingerprint density at radius 3 is 2.56 bits per heavy atom. The number of hydrogen-bond acceptors (Lipinski definition) is 4. The van der Waals surface area contributed by atoms with Gasteiger partial charge in [-0.15, -0.1) is 0 Å². The normalized spacial score (nSPS) is 11.2. The van der Waals surface area contributed by atoms with E-state index in [2.05, 4.69) is 26.1 Å². The lowest BCUT2D eigenvalue weighted by atomic mass is 9.87. The fourth-order valence-electron chi connectivity index (χ4n) is 2.27. The molecule has 0 saturated heterocycles. The van der Waals surface area contributed by atoms with Gasteiger partial charge in [-0.25, -0.2) is 0 Å². The summed E-state index contributed by atoms with van der Waals surface area (Å²) in [6, 6.07) is 12.1. The molecule has 25 heavy (non-hydrogen) atoms. The minimum absolute atomic E-state index is 0.0360. The quantitative estimate of drug-likeness (QED) is 0.615. The molecule has 0 atom stereocenters. The number of phenols is 1. The molecule has 0 saturated carbocycles. The highest BCUT2D eigenvalue weighted by atomic mass is 16.5. The van der Waals surface area contributed by atoms with Crippen molar-refractivity contribution in [3.05, 3.63) is 53.6 Å². The molecular weight excluding hydrogens is 318 g/mol. The zero-order valence-corrected chi connectivity index (χ0v) is 15.1. The molecule has 0 fully saturated rings. The molecule has 2 aromatic rings. The highest BCUT2D eigenvalue weighted by molar-refractivity contribution is 6.05. The van der Waals surface area contributed by atoms with Gasteiger partial charge in [-0.3, -0.25) is 4.79 Å². The number of hydrogen-bond donors (Lipinski definition) is 2. The van der Waals surface area contributed by atoms with Gasteiger partial charge in [0.25, 0.3) is 5.91 Å². The summed E-state index contributed by atoms with van der Waals surface area (Å²) in [4.78, 5) is 12.5. The van der Waals surface area contributed by atoms with E-state index in [-0.39, 0.29) is 17.1 Å². The number of rotatable bonds is 6. The summed E-state index contributed by atoms with van der Waals surface area (Å²) in [5.74, 6) is 0.324. The van der Waals surface area contributed by atoms with E-state index in [1.165, 1.54) is 0 Å². The maximum Gasteiger partial charge on any atom is 0.255 e. The van der Waals surface area contributed by atoms with Crippen molar-refractivity contribution in [1.82, 2.24) is 0 Å². The van der Waals surface area contributed by atoms with Gasteiger partial charge < -0.3 is 19.9 Å². The molecule has 0 aliphatic rings. The second-order valence-electron chi connectivity index (χ2n) is 6.81. The molecule has 0 aliphatic heterocycles. The van der Waals surface area contributed by atoms with Crippen LogP contribution in [0.25, 0.3) is 0 Å². The SMILES string of the molecule is COCCOc1cccc(C(=O)Nc2cc(C(C)(C)C)ccc2O)c1. The summed E-state index contributed by atoms with van der Waals surface area (Å²) >= 11 is 0. The number of carbonyl (C=O) groups excluding carboxylic acids is 1. The monoisotopic (exact) mass is 343 g/mol. The molecule has 2 aromatic carbocycles. The van der Waals surface area contributed by atoms with Crippen molar-refractivity contribution in [2.75, 3.05) is 25.6 Å². The highest BCUT2D eigenvalue weighted by Crippen LogP contribution is 2.31. The molecule has 0 spiro atoms. The zero-order valence-electron chi connectivity index (χ0n) is 15.1. The second kappa shape index (κ2) is 8.03. The van der Waals surface area contributed by atoms with Crippen molar-refractivity contribution in [1.29, 1.82) is 0 Å². The van der Waals surface area contributed by atoms with Crippen LogP contribution in [-0.2, 0) is 10.2 Å². The van der Waals surface area contributed by atoms with Crippen molar-refractivity contribution in [2.45, 2.75) is 26.2 Å². The molecule has 0 radical (unpaired) electrons. The Hall–Kier alpha value is -2.53. The summed E-state index contributed by atoms with van der Waals surface area (Å²) < 4.78 is 10.5. The molecule has 0 heterocycles. The minimum atomic E-state index is -0.307. The lowest BCUT2D eigenvalue weighted by Gasteiger charge is -2.20. The van der Waals surface area contributed by atoms with Crippen molar-refractivity contribution < 1.29 is 19.4 Å². The molecular formula is C20H25NO4.